The number of amidine groups is 1. The quantitative estimate of drug-likeness (QED) is 0.757. The topological polar surface area (TPSA) is 102 Å². The molecule has 1 aliphatic rings. The average molecular weight is 442 g/mol. The highest BCUT2D eigenvalue weighted by atomic mass is 35.5. The van der Waals surface area contributed by atoms with Crippen molar-refractivity contribution in [2.45, 2.75) is 38.1 Å². The van der Waals surface area contributed by atoms with E-state index in [1.165, 1.54) is 12.3 Å². The van der Waals surface area contributed by atoms with Gasteiger partial charge < -0.3 is 15.8 Å². The van der Waals surface area contributed by atoms with Gasteiger partial charge in [0.05, 0.1) is 17.3 Å². The lowest BCUT2D eigenvalue weighted by Gasteiger charge is -2.40. The lowest BCUT2D eigenvalue weighted by molar-refractivity contribution is -0.249. The van der Waals surface area contributed by atoms with Gasteiger partial charge in [0.2, 0.25) is 5.60 Å². The van der Waals surface area contributed by atoms with Gasteiger partial charge in [-0.3, -0.25) is 9.79 Å². The van der Waals surface area contributed by atoms with Gasteiger partial charge in [-0.05, 0) is 44.5 Å². The van der Waals surface area contributed by atoms with Crippen LogP contribution in [0.25, 0.3) is 0 Å². The summed E-state index contributed by atoms with van der Waals surface area (Å²) < 4.78 is 45.0. The standard InChI is InChI=1S/C19H19ClF3N5O2/c1-10-7-11(20)8-25-14(10)15(29)27-13-6-4-5-12(26-13)17(2)9-30-18(3,16(24)28-17)19(21,22)23/h4-8H,9H2,1-3H3,(H2,24,28)(H,26,27,29)/t17-,18+/m0/s1. The van der Waals surface area contributed by atoms with Gasteiger partial charge in [-0.25, -0.2) is 9.97 Å². The second-order valence-electron chi connectivity index (χ2n) is 7.27. The van der Waals surface area contributed by atoms with Gasteiger partial charge in [0.15, 0.2) is 0 Å². The monoisotopic (exact) mass is 441 g/mol. The number of carbonyl (C=O) groups is 1. The van der Waals surface area contributed by atoms with E-state index in [-0.39, 0.29) is 17.2 Å². The molecule has 1 amide bonds. The molecule has 11 heteroatoms. The van der Waals surface area contributed by atoms with Crippen molar-refractivity contribution >= 4 is 29.2 Å². The normalized spacial score (nSPS) is 24.3. The van der Waals surface area contributed by atoms with Crippen LogP contribution in [-0.2, 0) is 10.3 Å². The van der Waals surface area contributed by atoms with Crippen molar-refractivity contribution in [2.24, 2.45) is 10.7 Å². The van der Waals surface area contributed by atoms with Crippen LogP contribution in [0.4, 0.5) is 19.0 Å². The number of alkyl halides is 3. The molecule has 160 valence electrons. The van der Waals surface area contributed by atoms with Crippen molar-refractivity contribution in [2.75, 3.05) is 11.9 Å². The Morgan fingerprint density at radius 3 is 2.63 bits per heavy atom. The van der Waals surface area contributed by atoms with Crippen molar-refractivity contribution in [3.05, 3.63) is 52.4 Å². The van der Waals surface area contributed by atoms with Gasteiger partial charge in [0, 0.05) is 6.20 Å². The maximum absolute atomic E-state index is 13.3. The number of carbonyl (C=O) groups excluding carboxylic acids is 1. The molecule has 0 saturated carbocycles. The number of aliphatic imine (C=N–C) groups is 1. The lowest BCUT2D eigenvalue weighted by Crippen LogP contribution is -2.60. The van der Waals surface area contributed by atoms with Crippen molar-refractivity contribution < 1.29 is 22.7 Å². The molecule has 3 rings (SSSR count). The highest BCUT2D eigenvalue weighted by molar-refractivity contribution is 6.30. The summed E-state index contributed by atoms with van der Waals surface area (Å²) in [5.41, 5.74) is 2.72. The molecule has 2 aromatic rings. The highest BCUT2D eigenvalue weighted by Crippen LogP contribution is 2.40. The Bertz CT molecular complexity index is 1030. The minimum absolute atomic E-state index is 0.169. The molecule has 3 heterocycles. The summed E-state index contributed by atoms with van der Waals surface area (Å²) in [7, 11) is 0. The third-order valence-electron chi connectivity index (χ3n) is 4.84. The first-order valence-corrected chi connectivity index (χ1v) is 9.21. The summed E-state index contributed by atoms with van der Waals surface area (Å²) in [6.07, 6.45) is -3.36. The minimum atomic E-state index is -4.71. The molecule has 2 atom stereocenters. The lowest BCUT2D eigenvalue weighted by atomic mass is 9.93. The number of aromatic nitrogens is 2. The Kier molecular flexibility index (Phi) is 5.50. The molecule has 3 N–H and O–H groups in total. The fourth-order valence-electron chi connectivity index (χ4n) is 2.88. The number of ether oxygens (including phenoxy) is 1. The van der Waals surface area contributed by atoms with Crippen molar-refractivity contribution in [1.82, 2.24) is 9.97 Å². The third-order valence-corrected chi connectivity index (χ3v) is 5.05. The Morgan fingerprint density at radius 2 is 2.03 bits per heavy atom. The number of rotatable bonds is 3. The fraction of sp³-hybridized carbons (Fsp3) is 0.368. The van der Waals surface area contributed by atoms with Crippen LogP contribution in [0.3, 0.4) is 0 Å². The summed E-state index contributed by atoms with van der Waals surface area (Å²) in [5.74, 6) is -1.03. The first-order valence-electron chi connectivity index (χ1n) is 8.83. The number of anilines is 1. The SMILES string of the molecule is Cc1cc(Cl)cnc1C(=O)Nc1cccc([C@]2(C)CO[C@@](C)(C(F)(F)F)C(N)=N2)n1. The van der Waals surface area contributed by atoms with Crippen molar-refractivity contribution in [3.63, 3.8) is 0 Å². The number of halogens is 4. The molecule has 0 aromatic carbocycles. The molecule has 0 bridgehead atoms. The number of nitrogens with zero attached hydrogens (tertiary/aromatic N) is 3. The predicted octanol–water partition coefficient (Wildman–Crippen LogP) is 3.61. The summed E-state index contributed by atoms with van der Waals surface area (Å²) in [6.45, 7) is 3.67. The van der Waals surface area contributed by atoms with E-state index in [1.807, 2.05) is 0 Å². The molecular formula is C19H19ClF3N5O2. The zero-order valence-electron chi connectivity index (χ0n) is 16.3. The van der Waals surface area contributed by atoms with Crippen LogP contribution >= 0.6 is 11.6 Å². The van der Waals surface area contributed by atoms with E-state index in [2.05, 4.69) is 20.3 Å². The van der Waals surface area contributed by atoms with Crippen LogP contribution in [0.2, 0.25) is 5.02 Å². The molecule has 30 heavy (non-hydrogen) atoms. The fourth-order valence-corrected chi connectivity index (χ4v) is 3.09. The molecular weight excluding hydrogens is 423 g/mol. The van der Waals surface area contributed by atoms with Crippen LogP contribution in [0, 0.1) is 6.92 Å². The largest absolute Gasteiger partial charge is 0.424 e. The smallest absolute Gasteiger partial charge is 0.385 e. The molecule has 0 fully saturated rings. The van der Waals surface area contributed by atoms with Gasteiger partial charge in [-0.2, -0.15) is 13.2 Å². The summed E-state index contributed by atoms with van der Waals surface area (Å²) >= 11 is 5.85. The molecule has 2 aromatic heterocycles. The molecule has 0 unspecified atom stereocenters. The first-order chi connectivity index (χ1) is 13.9. The number of nitrogens with two attached hydrogens (primary N) is 1. The van der Waals surface area contributed by atoms with Crippen LogP contribution < -0.4 is 11.1 Å². The Balaban J connectivity index is 1.88. The number of amides is 1. The highest BCUT2D eigenvalue weighted by Gasteiger charge is 2.59. The second kappa shape index (κ2) is 7.51. The second-order valence-corrected chi connectivity index (χ2v) is 7.71. The van der Waals surface area contributed by atoms with E-state index >= 15 is 0 Å². The van der Waals surface area contributed by atoms with Gasteiger partial charge in [0.1, 0.15) is 22.9 Å². The Morgan fingerprint density at radius 1 is 1.33 bits per heavy atom. The van der Waals surface area contributed by atoms with Gasteiger partial charge >= 0.3 is 6.18 Å². The Labute approximate surface area is 175 Å². The van der Waals surface area contributed by atoms with E-state index in [9.17, 15) is 18.0 Å². The van der Waals surface area contributed by atoms with Gasteiger partial charge in [-0.15, -0.1) is 0 Å². The number of hydrogen-bond donors (Lipinski definition) is 2. The molecule has 1 aliphatic heterocycles. The van der Waals surface area contributed by atoms with E-state index in [0.29, 0.717) is 10.6 Å². The van der Waals surface area contributed by atoms with Crippen LogP contribution in [0.5, 0.6) is 0 Å². The Hall–Kier alpha value is -2.72. The third kappa shape index (κ3) is 3.97. The number of hydrogen-bond acceptors (Lipinski definition) is 6. The van der Waals surface area contributed by atoms with Gasteiger partial charge in [-0.1, -0.05) is 17.7 Å². The zero-order chi connectivity index (χ0) is 22.3. The minimum Gasteiger partial charge on any atom is -0.385 e. The van der Waals surface area contributed by atoms with Crippen LogP contribution in [-0.4, -0.2) is 40.1 Å². The van der Waals surface area contributed by atoms with E-state index in [4.69, 9.17) is 22.1 Å². The van der Waals surface area contributed by atoms with Crippen LogP contribution in [0.15, 0.2) is 35.5 Å². The van der Waals surface area contributed by atoms with Crippen molar-refractivity contribution in [1.29, 1.82) is 0 Å². The number of aryl methyl sites for hydroxylation is 1. The predicted molar refractivity (Wildman–Crippen MR) is 106 cm³/mol. The van der Waals surface area contributed by atoms with Gasteiger partial charge in [0.25, 0.3) is 5.91 Å². The number of nitrogens with one attached hydrogen (secondary N) is 1. The molecule has 7 nitrogen and oxygen atoms in total. The first kappa shape index (κ1) is 22.0. The molecule has 0 aliphatic carbocycles. The van der Waals surface area contributed by atoms with E-state index < -0.39 is 35.7 Å². The van der Waals surface area contributed by atoms with E-state index in [1.54, 1.807) is 32.0 Å². The van der Waals surface area contributed by atoms with Crippen molar-refractivity contribution in [3.8, 4) is 0 Å². The zero-order valence-corrected chi connectivity index (χ0v) is 17.1. The maximum Gasteiger partial charge on any atom is 0.424 e. The summed E-state index contributed by atoms with van der Waals surface area (Å²) in [5, 5.41) is 3.01. The molecule has 0 spiro atoms. The average Bonchev–Trinajstić information content (AvgIpc) is 2.64. The molecule has 0 radical (unpaired) electrons. The number of pyridine rings is 2. The molecule has 0 saturated heterocycles. The summed E-state index contributed by atoms with van der Waals surface area (Å²) in [4.78, 5) is 24.9. The van der Waals surface area contributed by atoms with Crippen LogP contribution in [0.1, 0.15) is 35.6 Å². The summed E-state index contributed by atoms with van der Waals surface area (Å²) in [6, 6.07) is 6.29. The van der Waals surface area contributed by atoms with E-state index in [0.717, 1.165) is 6.92 Å². The maximum atomic E-state index is 13.3.